The maximum Gasteiger partial charge on any atom is 0.243 e. The van der Waals surface area contributed by atoms with Crippen molar-refractivity contribution in [3.63, 3.8) is 0 Å². The van der Waals surface area contributed by atoms with Crippen molar-refractivity contribution in [1.82, 2.24) is 9.62 Å². The SMILES string of the molecule is CCc1cccc(S(=O)(=O)N2CCC(NC)CC2)c1.Cl. The summed E-state index contributed by atoms with van der Waals surface area (Å²) in [6, 6.07) is 7.71. The van der Waals surface area contributed by atoms with Crippen LogP contribution in [0, 0.1) is 0 Å². The summed E-state index contributed by atoms with van der Waals surface area (Å²) >= 11 is 0. The first-order valence-corrected chi connectivity index (χ1v) is 8.28. The molecule has 114 valence electrons. The van der Waals surface area contributed by atoms with Crippen LogP contribution in [0.4, 0.5) is 0 Å². The molecule has 1 aliphatic heterocycles. The summed E-state index contributed by atoms with van der Waals surface area (Å²) in [5.41, 5.74) is 1.06. The third kappa shape index (κ3) is 3.73. The highest BCUT2D eigenvalue weighted by Crippen LogP contribution is 2.21. The molecule has 4 nitrogen and oxygen atoms in total. The molecule has 0 atom stereocenters. The van der Waals surface area contributed by atoms with E-state index in [0.717, 1.165) is 24.8 Å². The molecule has 20 heavy (non-hydrogen) atoms. The Morgan fingerprint density at radius 1 is 1.30 bits per heavy atom. The van der Waals surface area contributed by atoms with Gasteiger partial charge in [0.05, 0.1) is 4.90 Å². The molecule has 0 aliphatic carbocycles. The Balaban J connectivity index is 0.00000200. The Kier molecular flexibility index (Phi) is 6.45. The summed E-state index contributed by atoms with van der Waals surface area (Å²) in [4.78, 5) is 0.426. The summed E-state index contributed by atoms with van der Waals surface area (Å²) in [7, 11) is -1.39. The molecule has 6 heteroatoms. The van der Waals surface area contributed by atoms with Gasteiger partial charge in [-0.25, -0.2) is 8.42 Å². The van der Waals surface area contributed by atoms with Crippen molar-refractivity contribution >= 4 is 22.4 Å². The molecular formula is C14H23ClN2O2S. The maximum absolute atomic E-state index is 12.6. The minimum Gasteiger partial charge on any atom is -0.317 e. The Labute approximate surface area is 128 Å². The number of benzene rings is 1. The van der Waals surface area contributed by atoms with Crippen LogP contribution >= 0.6 is 12.4 Å². The number of nitrogens with zero attached hydrogens (tertiary/aromatic N) is 1. The van der Waals surface area contributed by atoms with E-state index in [1.807, 2.05) is 26.1 Å². The van der Waals surface area contributed by atoms with E-state index in [9.17, 15) is 8.42 Å². The molecule has 0 bridgehead atoms. The lowest BCUT2D eigenvalue weighted by atomic mass is 10.1. The zero-order valence-corrected chi connectivity index (χ0v) is 13.6. The number of hydrogen-bond donors (Lipinski definition) is 1. The third-order valence-electron chi connectivity index (χ3n) is 3.81. The van der Waals surface area contributed by atoms with Gasteiger partial charge in [0.2, 0.25) is 10.0 Å². The third-order valence-corrected chi connectivity index (χ3v) is 5.70. The number of aryl methyl sites for hydroxylation is 1. The lowest BCUT2D eigenvalue weighted by Crippen LogP contribution is -2.43. The second-order valence-corrected chi connectivity index (χ2v) is 6.91. The quantitative estimate of drug-likeness (QED) is 0.924. The van der Waals surface area contributed by atoms with Gasteiger partial charge in [-0.05, 0) is 44.0 Å². The van der Waals surface area contributed by atoms with Gasteiger partial charge in [-0.3, -0.25) is 0 Å². The molecule has 0 unspecified atom stereocenters. The van der Waals surface area contributed by atoms with Crippen molar-refractivity contribution < 1.29 is 8.42 Å². The van der Waals surface area contributed by atoms with Crippen molar-refractivity contribution in [2.45, 2.75) is 37.1 Å². The number of hydrogen-bond acceptors (Lipinski definition) is 3. The topological polar surface area (TPSA) is 49.4 Å². The van der Waals surface area contributed by atoms with E-state index in [1.165, 1.54) is 0 Å². The molecule has 2 rings (SSSR count). The monoisotopic (exact) mass is 318 g/mol. The lowest BCUT2D eigenvalue weighted by Gasteiger charge is -2.31. The predicted molar refractivity (Wildman–Crippen MR) is 83.9 cm³/mol. The van der Waals surface area contributed by atoms with Crippen molar-refractivity contribution in [3.05, 3.63) is 29.8 Å². The van der Waals surface area contributed by atoms with Gasteiger partial charge < -0.3 is 5.32 Å². The van der Waals surface area contributed by atoms with Gasteiger partial charge in [-0.15, -0.1) is 12.4 Å². The van der Waals surface area contributed by atoms with E-state index in [1.54, 1.807) is 16.4 Å². The molecule has 0 radical (unpaired) electrons. The number of halogens is 1. The second-order valence-electron chi connectivity index (χ2n) is 4.97. The summed E-state index contributed by atoms with van der Waals surface area (Å²) in [6.45, 7) is 3.23. The summed E-state index contributed by atoms with van der Waals surface area (Å²) in [6.07, 6.45) is 2.61. The van der Waals surface area contributed by atoms with E-state index in [0.29, 0.717) is 24.0 Å². The van der Waals surface area contributed by atoms with Gasteiger partial charge in [-0.2, -0.15) is 4.31 Å². The van der Waals surface area contributed by atoms with Gasteiger partial charge in [0.1, 0.15) is 0 Å². The Morgan fingerprint density at radius 2 is 1.95 bits per heavy atom. The van der Waals surface area contributed by atoms with Gasteiger partial charge in [0, 0.05) is 19.1 Å². The van der Waals surface area contributed by atoms with Crippen LogP contribution in [0.25, 0.3) is 0 Å². The molecule has 0 amide bonds. The average molecular weight is 319 g/mol. The van der Waals surface area contributed by atoms with Crippen LogP contribution < -0.4 is 5.32 Å². The molecule has 0 spiro atoms. The average Bonchev–Trinajstić information content (AvgIpc) is 2.47. The minimum absolute atomic E-state index is 0. The first-order valence-electron chi connectivity index (χ1n) is 6.84. The highest BCUT2D eigenvalue weighted by atomic mass is 35.5. The van der Waals surface area contributed by atoms with E-state index in [2.05, 4.69) is 5.32 Å². The predicted octanol–water partition coefficient (Wildman–Crippen LogP) is 2.04. The normalized spacial score (nSPS) is 17.7. The van der Waals surface area contributed by atoms with Gasteiger partial charge >= 0.3 is 0 Å². The van der Waals surface area contributed by atoms with Gasteiger partial charge in [0.25, 0.3) is 0 Å². The van der Waals surface area contributed by atoms with Crippen LogP contribution in [0.5, 0.6) is 0 Å². The van der Waals surface area contributed by atoms with Crippen LogP contribution in [-0.2, 0) is 16.4 Å². The van der Waals surface area contributed by atoms with Gasteiger partial charge in [-0.1, -0.05) is 19.1 Å². The minimum atomic E-state index is -3.32. The standard InChI is InChI=1S/C14H22N2O2S.ClH/c1-3-12-5-4-6-14(11-12)19(17,18)16-9-7-13(15-2)8-10-16;/h4-6,11,13,15H,3,7-10H2,1-2H3;1H. The largest absolute Gasteiger partial charge is 0.317 e. The summed E-state index contributed by atoms with van der Waals surface area (Å²) < 4.78 is 26.7. The molecule has 1 saturated heterocycles. The molecule has 1 aromatic carbocycles. The number of rotatable bonds is 4. The summed E-state index contributed by atoms with van der Waals surface area (Å²) in [5, 5.41) is 3.21. The molecule has 0 saturated carbocycles. The Bertz CT molecular complexity index is 526. The van der Waals surface area contributed by atoms with Gasteiger partial charge in [0.15, 0.2) is 0 Å². The van der Waals surface area contributed by atoms with E-state index in [-0.39, 0.29) is 12.4 Å². The van der Waals surface area contributed by atoms with Crippen LogP contribution in [-0.4, -0.2) is 38.9 Å². The zero-order chi connectivity index (χ0) is 13.9. The van der Waals surface area contributed by atoms with Crippen LogP contribution in [0.2, 0.25) is 0 Å². The molecule has 1 N–H and O–H groups in total. The maximum atomic E-state index is 12.6. The highest BCUT2D eigenvalue weighted by Gasteiger charge is 2.28. The number of piperidine rings is 1. The lowest BCUT2D eigenvalue weighted by molar-refractivity contribution is 0.298. The first kappa shape index (κ1) is 17.4. The molecular weight excluding hydrogens is 296 g/mol. The molecule has 0 aromatic heterocycles. The fraction of sp³-hybridized carbons (Fsp3) is 0.571. The van der Waals surface area contributed by atoms with E-state index in [4.69, 9.17) is 0 Å². The number of sulfonamides is 1. The zero-order valence-electron chi connectivity index (χ0n) is 12.0. The smallest absolute Gasteiger partial charge is 0.243 e. The van der Waals surface area contributed by atoms with Crippen LogP contribution in [0.3, 0.4) is 0 Å². The fourth-order valence-corrected chi connectivity index (χ4v) is 4.00. The molecule has 1 fully saturated rings. The van der Waals surface area contributed by atoms with Crippen LogP contribution in [0.15, 0.2) is 29.2 Å². The first-order chi connectivity index (χ1) is 9.07. The Hall–Kier alpha value is -0.620. The summed E-state index contributed by atoms with van der Waals surface area (Å²) in [5.74, 6) is 0. The fourth-order valence-electron chi connectivity index (χ4n) is 2.46. The molecule has 1 aromatic rings. The highest BCUT2D eigenvalue weighted by molar-refractivity contribution is 7.89. The van der Waals surface area contributed by atoms with Crippen molar-refractivity contribution in [1.29, 1.82) is 0 Å². The van der Waals surface area contributed by atoms with Crippen molar-refractivity contribution in [2.24, 2.45) is 0 Å². The second kappa shape index (κ2) is 7.41. The van der Waals surface area contributed by atoms with E-state index < -0.39 is 10.0 Å². The Morgan fingerprint density at radius 3 is 2.50 bits per heavy atom. The van der Waals surface area contributed by atoms with E-state index >= 15 is 0 Å². The number of nitrogens with one attached hydrogen (secondary N) is 1. The molecule has 1 aliphatic rings. The van der Waals surface area contributed by atoms with Crippen LogP contribution in [0.1, 0.15) is 25.3 Å². The van der Waals surface area contributed by atoms with Crippen molar-refractivity contribution in [2.75, 3.05) is 20.1 Å². The van der Waals surface area contributed by atoms with Crippen molar-refractivity contribution in [3.8, 4) is 0 Å². The molecule has 1 heterocycles.